The normalized spacial score (nSPS) is 14.6. The Bertz CT molecular complexity index is 1460. The van der Waals surface area contributed by atoms with Crippen LogP contribution in [0.15, 0.2) is 95.9 Å². The first kappa shape index (κ1) is 24.0. The molecule has 5 nitrogen and oxygen atoms in total. The Kier molecular flexibility index (Phi) is 7.26. The largest absolute Gasteiger partial charge is 0.491 e. The summed E-state index contributed by atoms with van der Waals surface area (Å²) in [7, 11) is 0. The second-order valence-electron chi connectivity index (χ2n) is 8.08. The lowest BCUT2D eigenvalue weighted by molar-refractivity contribution is -0.123. The summed E-state index contributed by atoms with van der Waals surface area (Å²) in [6.45, 7) is 0.657. The van der Waals surface area contributed by atoms with Crippen molar-refractivity contribution in [3.05, 3.63) is 112 Å². The first-order valence-electron chi connectivity index (χ1n) is 11.4. The number of nitrogens with zero attached hydrogens (tertiary/aromatic N) is 1. The highest BCUT2D eigenvalue weighted by molar-refractivity contribution is 8.18. The monoisotopic (exact) mass is 515 g/mol. The zero-order valence-corrected chi connectivity index (χ0v) is 20.8. The number of benzene rings is 4. The third-order valence-electron chi connectivity index (χ3n) is 5.74. The van der Waals surface area contributed by atoms with E-state index >= 15 is 0 Å². The SMILES string of the molecule is O=C1S/C(=C\c2ccccc2OCc2ccccc2Cl)C(=O)N1CCOc1cccc2ccccc12. The number of hydrogen-bond donors (Lipinski definition) is 0. The Balaban J connectivity index is 1.26. The number of carbonyl (C=O) groups excluding carboxylic acids is 2. The Morgan fingerprint density at radius 2 is 1.53 bits per heavy atom. The zero-order chi connectivity index (χ0) is 24.9. The summed E-state index contributed by atoms with van der Waals surface area (Å²) in [6.07, 6.45) is 1.69. The van der Waals surface area contributed by atoms with Gasteiger partial charge in [0.2, 0.25) is 0 Å². The lowest BCUT2D eigenvalue weighted by atomic mass is 10.1. The van der Waals surface area contributed by atoms with E-state index < -0.39 is 0 Å². The predicted octanol–water partition coefficient (Wildman–Crippen LogP) is 7.19. The molecule has 1 aliphatic rings. The molecule has 7 heteroatoms. The van der Waals surface area contributed by atoms with Gasteiger partial charge in [-0.25, -0.2) is 0 Å². The fourth-order valence-electron chi connectivity index (χ4n) is 3.90. The molecule has 180 valence electrons. The third kappa shape index (κ3) is 5.25. The fourth-order valence-corrected chi connectivity index (χ4v) is 4.95. The summed E-state index contributed by atoms with van der Waals surface area (Å²) in [4.78, 5) is 27.2. The van der Waals surface area contributed by atoms with Crippen molar-refractivity contribution in [3.63, 3.8) is 0 Å². The van der Waals surface area contributed by atoms with Gasteiger partial charge in [0.25, 0.3) is 11.1 Å². The molecule has 0 radical (unpaired) electrons. The molecule has 1 aliphatic heterocycles. The Morgan fingerprint density at radius 3 is 2.42 bits per heavy atom. The molecular weight excluding hydrogens is 494 g/mol. The van der Waals surface area contributed by atoms with Crippen molar-refractivity contribution >= 4 is 51.4 Å². The number of imide groups is 1. The van der Waals surface area contributed by atoms with E-state index in [-0.39, 0.29) is 30.9 Å². The van der Waals surface area contributed by atoms with Gasteiger partial charge in [-0.15, -0.1) is 0 Å². The van der Waals surface area contributed by atoms with Crippen molar-refractivity contribution in [2.24, 2.45) is 0 Å². The molecule has 0 unspecified atom stereocenters. The number of ether oxygens (including phenoxy) is 2. The van der Waals surface area contributed by atoms with Gasteiger partial charge in [-0.2, -0.15) is 0 Å². The van der Waals surface area contributed by atoms with Crippen LogP contribution < -0.4 is 9.47 Å². The molecule has 1 heterocycles. The Hall–Kier alpha value is -3.74. The number of hydrogen-bond acceptors (Lipinski definition) is 5. The van der Waals surface area contributed by atoms with E-state index in [2.05, 4.69) is 0 Å². The smallest absolute Gasteiger partial charge is 0.293 e. The van der Waals surface area contributed by atoms with Gasteiger partial charge in [0, 0.05) is 21.5 Å². The van der Waals surface area contributed by atoms with E-state index in [1.165, 1.54) is 4.90 Å². The van der Waals surface area contributed by atoms with Crippen LogP contribution in [0.2, 0.25) is 5.02 Å². The maximum Gasteiger partial charge on any atom is 0.293 e. The van der Waals surface area contributed by atoms with Crippen LogP contribution in [0.1, 0.15) is 11.1 Å². The van der Waals surface area contributed by atoms with E-state index in [1.54, 1.807) is 6.08 Å². The van der Waals surface area contributed by atoms with Crippen LogP contribution in [0.25, 0.3) is 16.8 Å². The summed E-state index contributed by atoms with van der Waals surface area (Å²) in [5, 5.41) is 2.37. The van der Waals surface area contributed by atoms with E-state index in [4.69, 9.17) is 21.1 Å². The molecule has 0 aromatic heterocycles. The van der Waals surface area contributed by atoms with Crippen LogP contribution in [0.4, 0.5) is 4.79 Å². The molecule has 2 amide bonds. The van der Waals surface area contributed by atoms with Crippen LogP contribution in [-0.2, 0) is 11.4 Å². The summed E-state index contributed by atoms with van der Waals surface area (Å²) < 4.78 is 11.9. The molecule has 4 aromatic carbocycles. The van der Waals surface area contributed by atoms with Crippen LogP contribution in [-0.4, -0.2) is 29.2 Å². The highest BCUT2D eigenvalue weighted by atomic mass is 35.5. The van der Waals surface area contributed by atoms with Crippen molar-refractivity contribution in [1.82, 2.24) is 4.90 Å². The van der Waals surface area contributed by atoms with Crippen LogP contribution in [0, 0.1) is 0 Å². The van der Waals surface area contributed by atoms with Gasteiger partial charge in [0.15, 0.2) is 0 Å². The minimum atomic E-state index is -0.340. The number of amides is 2. The predicted molar refractivity (Wildman–Crippen MR) is 144 cm³/mol. The fraction of sp³-hybridized carbons (Fsp3) is 0.103. The van der Waals surface area contributed by atoms with Crippen molar-refractivity contribution in [2.45, 2.75) is 6.61 Å². The molecule has 0 saturated carbocycles. The molecule has 0 aliphatic carbocycles. The molecule has 36 heavy (non-hydrogen) atoms. The first-order valence-corrected chi connectivity index (χ1v) is 12.6. The zero-order valence-electron chi connectivity index (χ0n) is 19.2. The van der Waals surface area contributed by atoms with Crippen LogP contribution in [0.3, 0.4) is 0 Å². The molecule has 0 atom stereocenters. The van der Waals surface area contributed by atoms with Gasteiger partial charge < -0.3 is 9.47 Å². The second-order valence-corrected chi connectivity index (χ2v) is 9.48. The van der Waals surface area contributed by atoms with Gasteiger partial charge >= 0.3 is 0 Å². The number of rotatable bonds is 8. The highest BCUT2D eigenvalue weighted by Gasteiger charge is 2.35. The second kappa shape index (κ2) is 10.9. The lowest BCUT2D eigenvalue weighted by Crippen LogP contribution is -2.32. The van der Waals surface area contributed by atoms with Crippen molar-refractivity contribution in [2.75, 3.05) is 13.2 Å². The number of thioether (sulfide) groups is 1. The molecule has 1 saturated heterocycles. The lowest BCUT2D eigenvalue weighted by Gasteiger charge is -2.14. The third-order valence-corrected chi connectivity index (χ3v) is 7.02. The van der Waals surface area contributed by atoms with Gasteiger partial charge in [-0.1, -0.05) is 84.4 Å². The minimum absolute atomic E-state index is 0.163. The average Bonchev–Trinajstić information content (AvgIpc) is 3.16. The van der Waals surface area contributed by atoms with Crippen LogP contribution >= 0.6 is 23.4 Å². The standard InChI is InChI=1S/C29H22ClNO4S/c30-24-13-5-2-10-22(24)19-35-25-14-6-3-9-21(25)18-27-28(32)31(29(33)36-27)16-17-34-26-15-7-11-20-8-1-4-12-23(20)26/h1-15,18H,16-17,19H2/b27-18-. The van der Waals surface area contributed by atoms with E-state index in [1.807, 2.05) is 91.0 Å². The van der Waals surface area contributed by atoms with Crippen molar-refractivity contribution in [1.29, 1.82) is 0 Å². The van der Waals surface area contributed by atoms with Crippen molar-refractivity contribution < 1.29 is 19.1 Å². The van der Waals surface area contributed by atoms with Crippen molar-refractivity contribution in [3.8, 4) is 11.5 Å². The summed E-state index contributed by atoms with van der Waals surface area (Å²) in [5.41, 5.74) is 1.57. The van der Waals surface area contributed by atoms with Gasteiger partial charge in [-0.3, -0.25) is 14.5 Å². The van der Waals surface area contributed by atoms with Crippen LogP contribution in [0.5, 0.6) is 11.5 Å². The molecule has 4 aromatic rings. The Morgan fingerprint density at radius 1 is 0.806 bits per heavy atom. The number of carbonyl (C=O) groups is 2. The molecule has 1 fully saturated rings. The molecular formula is C29H22ClNO4S. The quantitative estimate of drug-likeness (QED) is 0.232. The molecule has 0 spiro atoms. The van der Waals surface area contributed by atoms with Gasteiger partial charge in [-0.05, 0) is 41.4 Å². The molecule has 5 rings (SSSR count). The minimum Gasteiger partial charge on any atom is -0.491 e. The number of para-hydroxylation sites is 1. The summed E-state index contributed by atoms with van der Waals surface area (Å²) in [5.74, 6) is 0.983. The number of halogens is 1. The molecule has 0 N–H and O–H groups in total. The van der Waals surface area contributed by atoms with Gasteiger partial charge in [0.05, 0.1) is 11.4 Å². The van der Waals surface area contributed by atoms with E-state index in [9.17, 15) is 9.59 Å². The summed E-state index contributed by atoms with van der Waals surface area (Å²) >= 11 is 7.15. The summed E-state index contributed by atoms with van der Waals surface area (Å²) in [6, 6.07) is 28.6. The topological polar surface area (TPSA) is 55.8 Å². The maximum absolute atomic E-state index is 13.0. The van der Waals surface area contributed by atoms with E-state index in [0.29, 0.717) is 21.2 Å². The number of fused-ring (bicyclic) bond motifs is 1. The van der Waals surface area contributed by atoms with Gasteiger partial charge in [0.1, 0.15) is 24.7 Å². The first-order chi connectivity index (χ1) is 17.6. The molecule has 0 bridgehead atoms. The Labute approximate surface area is 218 Å². The highest BCUT2D eigenvalue weighted by Crippen LogP contribution is 2.34. The average molecular weight is 516 g/mol. The van der Waals surface area contributed by atoms with E-state index in [0.717, 1.165) is 33.8 Å². The maximum atomic E-state index is 13.0.